The first-order valence-corrected chi connectivity index (χ1v) is 12.3. The molecule has 0 unspecified atom stereocenters. The Kier molecular flexibility index (Phi) is 6.15. The standard InChI is InChI=1S/C26H18BrClN2O2S/c27-21-10-4-1-7-17(21)16-30-25(31)24(33-26(30)32)13-19-15-29(23-12-6-3-9-20(19)23)14-18-8-2-5-11-22(18)28/h1-13,15H,14,16H2/b24-13+. The average molecular weight is 538 g/mol. The number of rotatable bonds is 5. The van der Waals surface area contributed by atoms with Gasteiger partial charge >= 0.3 is 0 Å². The number of fused-ring (bicyclic) bond motifs is 1. The highest BCUT2D eigenvalue weighted by molar-refractivity contribution is 9.10. The van der Waals surface area contributed by atoms with Gasteiger partial charge in [0.15, 0.2) is 0 Å². The first kappa shape index (κ1) is 22.0. The molecule has 0 radical (unpaired) electrons. The predicted octanol–water partition coefficient (Wildman–Crippen LogP) is 7.34. The molecule has 1 fully saturated rings. The van der Waals surface area contributed by atoms with Crippen molar-refractivity contribution < 1.29 is 9.59 Å². The molecule has 2 heterocycles. The number of benzene rings is 3. The molecule has 5 rings (SSSR count). The van der Waals surface area contributed by atoms with Crippen LogP contribution in [0.25, 0.3) is 17.0 Å². The number of hydrogen-bond donors (Lipinski definition) is 0. The van der Waals surface area contributed by atoms with Gasteiger partial charge < -0.3 is 4.57 Å². The van der Waals surface area contributed by atoms with Gasteiger partial charge in [0.2, 0.25) is 0 Å². The van der Waals surface area contributed by atoms with Gasteiger partial charge in [-0.3, -0.25) is 14.5 Å². The maximum atomic E-state index is 13.1. The summed E-state index contributed by atoms with van der Waals surface area (Å²) in [7, 11) is 0. The van der Waals surface area contributed by atoms with Crippen LogP contribution in [0.15, 0.2) is 88.4 Å². The fourth-order valence-electron chi connectivity index (χ4n) is 3.91. The Morgan fingerprint density at radius 3 is 2.36 bits per heavy atom. The van der Waals surface area contributed by atoms with Gasteiger partial charge in [-0.15, -0.1) is 0 Å². The van der Waals surface area contributed by atoms with E-state index < -0.39 is 0 Å². The Hall–Kier alpha value is -2.80. The summed E-state index contributed by atoms with van der Waals surface area (Å²) in [5.41, 5.74) is 3.83. The van der Waals surface area contributed by atoms with E-state index in [1.165, 1.54) is 4.90 Å². The largest absolute Gasteiger partial charge is 0.342 e. The molecule has 7 heteroatoms. The molecule has 0 aliphatic carbocycles. The van der Waals surface area contributed by atoms with Crippen molar-refractivity contribution in [3.63, 3.8) is 0 Å². The summed E-state index contributed by atoms with van der Waals surface area (Å²) in [4.78, 5) is 27.4. The fourth-order valence-corrected chi connectivity index (χ4v) is 5.34. The second-order valence-corrected chi connectivity index (χ2v) is 9.93. The van der Waals surface area contributed by atoms with Crippen molar-refractivity contribution in [2.24, 2.45) is 0 Å². The van der Waals surface area contributed by atoms with Crippen molar-refractivity contribution >= 4 is 67.4 Å². The van der Waals surface area contributed by atoms with E-state index in [0.29, 0.717) is 16.5 Å². The number of para-hydroxylation sites is 1. The molecule has 4 nitrogen and oxygen atoms in total. The monoisotopic (exact) mass is 536 g/mol. The van der Waals surface area contributed by atoms with Crippen LogP contribution in [-0.2, 0) is 17.9 Å². The number of halogens is 2. The minimum absolute atomic E-state index is 0.234. The molecule has 1 saturated heterocycles. The molecule has 4 aromatic rings. The Balaban J connectivity index is 1.48. The molecule has 0 N–H and O–H groups in total. The Labute approximate surface area is 209 Å². The Bertz CT molecular complexity index is 1430. The molecule has 0 bridgehead atoms. The Morgan fingerprint density at radius 1 is 0.879 bits per heavy atom. The van der Waals surface area contributed by atoms with E-state index in [2.05, 4.69) is 20.5 Å². The van der Waals surface area contributed by atoms with E-state index in [1.54, 1.807) is 0 Å². The molecule has 3 aromatic carbocycles. The topological polar surface area (TPSA) is 42.3 Å². The number of aromatic nitrogens is 1. The maximum absolute atomic E-state index is 13.1. The first-order valence-electron chi connectivity index (χ1n) is 10.3. The molecule has 33 heavy (non-hydrogen) atoms. The van der Waals surface area contributed by atoms with E-state index in [0.717, 1.165) is 43.8 Å². The quantitative estimate of drug-likeness (QED) is 0.250. The minimum atomic E-state index is -0.274. The van der Waals surface area contributed by atoms with E-state index >= 15 is 0 Å². The second kappa shape index (κ2) is 9.21. The third kappa shape index (κ3) is 4.38. The fraction of sp³-hybridized carbons (Fsp3) is 0.0769. The van der Waals surface area contributed by atoms with Crippen molar-refractivity contribution in [3.05, 3.63) is 110 Å². The maximum Gasteiger partial charge on any atom is 0.293 e. The summed E-state index contributed by atoms with van der Waals surface area (Å²) < 4.78 is 2.99. The van der Waals surface area contributed by atoms with Crippen LogP contribution in [0.4, 0.5) is 4.79 Å². The molecule has 0 saturated carbocycles. The van der Waals surface area contributed by atoms with Crippen molar-refractivity contribution in [3.8, 4) is 0 Å². The SMILES string of the molecule is O=C1S/C(=C/c2cn(Cc3ccccc3Cl)c3ccccc23)C(=O)N1Cc1ccccc1Br. The second-order valence-electron chi connectivity index (χ2n) is 7.68. The summed E-state index contributed by atoms with van der Waals surface area (Å²) in [6.07, 6.45) is 3.83. The van der Waals surface area contributed by atoms with Crippen LogP contribution in [0, 0.1) is 0 Å². The highest BCUT2D eigenvalue weighted by Crippen LogP contribution is 2.36. The Morgan fingerprint density at radius 2 is 1.58 bits per heavy atom. The molecule has 0 spiro atoms. The first-order chi connectivity index (χ1) is 16.0. The third-order valence-electron chi connectivity index (χ3n) is 5.56. The molecule has 2 amide bonds. The number of carbonyl (C=O) groups is 2. The zero-order valence-electron chi connectivity index (χ0n) is 17.4. The van der Waals surface area contributed by atoms with Gasteiger partial charge in [-0.2, -0.15) is 0 Å². The summed E-state index contributed by atoms with van der Waals surface area (Å²) in [6, 6.07) is 23.4. The molecule has 1 aromatic heterocycles. The highest BCUT2D eigenvalue weighted by Gasteiger charge is 2.35. The normalized spacial score (nSPS) is 15.2. The zero-order chi connectivity index (χ0) is 22.9. The van der Waals surface area contributed by atoms with Crippen LogP contribution >= 0.6 is 39.3 Å². The molecule has 1 aliphatic rings. The van der Waals surface area contributed by atoms with Crippen molar-refractivity contribution in [1.82, 2.24) is 9.47 Å². The molecule has 1 aliphatic heterocycles. The van der Waals surface area contributed by atoms with Crippen molar-refractivity contribution in [1.29, 1.82) is 0 Å². The van der Waals surface area contributed by atoms with Gasteiger partial charge in [0, 0.05) is 38.7 Å². The lowest BCUT2D eigenvalue weighted by Gasteiger charge is -2.13. The van der Waals surface area contributed by atoms with Crippen LogP contribution in [0.5, 0.6) is 0 Å². The number of amides is 2. The number of thioether (sulfide) groups is 1. The van der Waals surface area contributed by atoms with Gasteiger partial charge in [-0.25, -0.2) is 0 Å². The number of nitrogens with zero attached hydrogens (tertiary/aromatic N) is 2. The van der Waals surface area contributed by atoms with Crippen molar-refractivity contribution in [2.75, 3.05) is 0 Å². The van der Waals surface area contributed by atoms with Crippen LogP contribution < -0.4 is 0 Å². The molecule has 0 atom stereocenters. The van der Waals surface area contributed by atoms with Crippen LogP contribution in [0.1, 0.15) is 16.7 Å². The van der Waals surface area contributed by atoms with Gasteiger partial charge in [0.1, 0.15) is 0 Å². The van der Waals surface area contributed by atoms with Crippen LogP contribution in [-0.4, -0.2) is 20.6 Å². The van der Waals surface area contributed by atoms with Gasteiger partial charge in [0.25, 0.3) is 11.1 Å². The van der Waals surface area contributed by atoms with E-state index in [1.807, 2.05) is 85.1 Å². The summed E-state index contributed by atoms with van der Waals surface area (Å²) in [6.45, 7) is 0.842. The lowest BCUT2D eigenvalue weighted by atomic mass is 10.1. The molecular formula is C26H18BrClN2O2S. The molecule has 164 valence electrons. The van der Waals surface area contributed by atoms with Gasteiger partial charge in [-0.1, -0.05) is 82.1 Å². The molecular weight excluding hydrogens is 520 g/mol. The lowest BCUT2D eigenvalue weighted by Crippen LogP contribution is -2.27. The van der Waals surface area contributed by atoms with Crippen LogP contribution in [0.3, 0.4) is 0 Å². The lowest BCUT2D eigenvalue weighted by molar-refractivity contribution is -0.123. The summed E-state index contributed by atoms with van der Waals surface area (Å²) in [5, 5.41) is 1.47. The van der Waals surface area contributed by atoms with Crippen molar-refractivity contribution in [2.45, 2.75) is 13.1 Å². The zero-order valence-corrected chi connectivity index (χ0v) is 20.5. The van der Waals surface area contributed by atoms with Crippen LogP contribution in [0.2, 0.25) is 5.02 Å². The van der Waals surface area contributed by atoms with E-state index in [4.69, 9.17) is 11.6 Å². The highest BCUT2D eigenvalue weighted by atomic mass is 79.9. The minimum Gasteiger partial charge on any atom is -0.342 e. The number of imide groups is 1. The average Bonchev–Trinajstić information content (AvgIpc) is 3.29. The van der Waals surface area contributed by atoms with Gasteiger partial charge in [0.05, 0.1) is 11.4 Å². The third-order valence-corrected chi connectivity index (χ3v) is 7.61. The predicted molar refractivity (Wildman–Crippen MR) is 138 cm³/mol. The number of hydrogen-bond acceptors (Lipinski definition) is 3. The number of carbonyl (C=O) groups excluding carboxylic acids is 2. The summed E-state index contributed by atoms with van der Waals surface area (Å²) in [5.74, 6) is -0.274. The smallest absolute Gasteiger partial charge is 0.293 e. The van der Waals surface area contributed by atoms with E-state index in [-0.39, 0.29) is 17.7 Å². The van der Waals surface area contributed by atoms with E-state index in [9.17, 15) is 9.59 Å². The van der Waals surface area contributed by atoms with Gasteiger partial charge in [-0.05, 0) is 47.2 Å². The summed E-state index contributed by atoms with van der Waals surface area (Å²) >= 11 is 10.8.